The molecule has 0 amide bonds. The lowest BCUT2D eigenvalue weighted by Crippen LogP contribution is -2.29. The first-order valence-corrected chi connectivity index (χ1v) is 10.0. The van der Waals surface area contributed by atoms with Crippen molar-refractivity contribution in [2.24, 2.45) is 5.92 Å². The summed E-state index contributed by atoms with van der Waals surface area (Å²) >= 11 is 1.28. The van der Waals surface area contributed by atoms with Crippen LogP contribution in [0.4, 0.5) is 5.00 Å². The molecule has 0 atom stereocenters. The minimum absolute atomic E-state index is 0.221. The van der Waals surface area contributed by atoms with Crippen molar-refractivity contribution in [3.8, 4) is 5.75 Å². The van der Waals surface area contributed by atoms with Gasteiger partial charge in [-0.3, -0.25) is 15.0 Å². The lowest BCUT2D eigenvalue weighted by atomic mass is 9.89. The first kappa shape index (κ1) is 18.9. The number of ether oxygens (including phenoxy) is 1. The first-order valence-electron chi connectivity index (χ1n) is 9.22. The summed E-state index contributed by atoms with van der Waals surface area (Å²) in [5.41, 5.74) is 1.21. The minimum Gasteiger partial charge on any atom is -0.497 e. The second-order valence-corrected chi connectivity index (χ2v) is 8.17. The Morgan fingerprint density at radius 1 is 1.19 bits per heavy atom. The highest BCUT2D eigenvalue weighted by Crippen LogP contribution is 2.29. The maximum absolute atomic E-state index is 11.0. The normalized spacial score (nSPS) is 15.3. The maximum Gasteiger partial charge on any atom is 0.324 e. The van der Waals surface area contributed by atoms with E-state index in [1.807, 2.05) is 18.2 Å². The molecule has 2 aromatic rings. The van der Waals surface area contributed by atoms with Gasteiger partial charge in [-0.1, -0.05) is 42.7 Å². The molecule has 3 rings (SSSR count). The Morgan fingerprint density at radius 3 is 2.69 bits per heavy atom. The predicted molar refractivity (Wildman–Crippen MR) is 105 cm³/mol. The average Bonchev–Trinajstić information content (AvgIpc) is 3.11. The smallest absolute Gasteiger partial charge is 0.324 e. The van der Waals surface area contributed by atoms with Crippen LogP contribution in [0.2, 0.25) is 0 Å². The van der Waals surface area contributed by atoms with Gasteiger partial charge in [-0.15, -0.1) is 0 Å². The summed E-state index contributed by atoms with van der Waals surface area (Å²) in [7, 11) is 1.68. The van der Waals surface area contributed by atoms with Crippen LogP contribution >= 0.6 is 11.3 Å². The third kappa shape index (κ3) is 5.29. The van der Waals surface area contributed by atoms with E-state index in [0.717, 1.165) is 36.2 Å². The van der Waals surface area contributed by atoms with Crippen molar-refractivity contribution in [1.82, 2.24) is 4.90 Å². The van der Waals surface area contributed by atoms with Crippen LogP contribution in [0.1, 0.15) is 42.5 Å². The van der Waals surface area contributed by atoms with Gasteiger partial charge in [-0.25, -0.2) is 0 Å². The van der Waals surface area contributed by atoms with Crippen LogP contribution in [0.5, 0.6) is 5.75 Å². The lowest BCUT2D eigenvalue weighted by molar-refractivity contribution is -0.380. The molecule has 0 aliphatic heterocycles. The Kier molecular flexibility index (Phi) is 6.63. The van der Waals surface area contributed by atoms with E-state index in [1.54, 1.807) is 13.2 Å². The van der Waals surface area contributed by atoms with Gasteiger partial charge in [-0.05, 0) is 42.5 Å². The number of benzene rings is 1. The van der Waals surface area contributed by atoms with Gasteiger partial charge in [0.15, 0.2) is 0 Å². The highest BCUT2D eigenvalue weighted by atomic mass is 32.1. The molecule has 0 unspecified atom stereocenters. The van der Waals surface area contributed by atoms with Gasteiger partial charge >= 0.3 is 5.00 Å². The number of nitro groups is 1. The van der Waals surface area contributed by atoms with Gasteiger partial charge in [0.25, 0.3) is 0 Å². The molecule has 0 radical (unpaired) electrons. The van der Waals surface area contributed by atoms with Crippen molar-refractivity contribution in [2.75, 3.05) is 13.7 Å². The molecule has 1 heterocycles. The van der Waals surface area contributed by atoms with Crippen LogP contribution in [0.15, 0.2) is 36.4 Å². The SMILES string of the molecule is COc1cccc(CN(Cc2ccc([N+](=O)[O-])s2)CC2CCCCC2)c1. The van der Waals surface area contributed by atoms with Gasteiger partial charge in [0.1, 0.15) is 5.75 Å². The molecular weight excluding hydrogens is 348 g/mol. The molecule has 0 bridgehead atoms. The lowest BCUT2D eigenvalue weighted by Gasteiger charge is -2.29. The topological polar surface area (TPSA) is 55.6 Å². The molecule has 1 aliphatic rings. The summed E-state index contributed by atoms with van der Waals surface area (Å²) in [6.45, 7) is 2.63. The number of nitrogens with zero attached hydrogens (tertiary/aromatic N) is 2. The summed E-state index contributed by atoms with van der Waals surface area (Å²) in [5, 5.41) is 11.2. The van der Waals surface area contributed by atoms with Crippen LogP contribution in [-0.2, 0) is 13.1 Å². The van der Waals surface area contributed by atoms with Crippen LogP contribution in [0, 0.1) is 16.0 Å². The van der Waals surface area contributed by atoms with Gasteiger partial charge in [0.2, 0.25) is 0 Å². The van der Waals surface area contributed by atoms with Crippen molar-refractivity contribution < 1.29 is 9.66 Å². The summed E-state index contributed by atoms with van der Waals surface area (Å²) in [6, 6.07) is 11.7. The van der Waals surface area contributed by atoms with Crippen LogP contribution in [-0.4, -0.2) is 23.5 Å². The van der Waals surface area contributed by atoms with E-state index in [-0.39, 0.29) is 9.92 Å². The molecule has 0 saturated heterocycles. The zero-order valence-electron chi connectivity index (χ0n) is 15.2. The van der Waals surface area contributed by atoms with Gasteiger partial charge < -0.3 is 4.74 Å². The summed E-state index contributed by atoms with van der Waals surface area (Å²) < 4.78 is 5.34. The first-order chi connectivity index (χ1) is 12.6. The Bertz CT molecular complexity index is 725. The Labute approximate surface area is 158 Å². The fourth-order valence-electron chi connectivity index (χ4n) is 3.72. The number of hydrogen-bond donors (Lipinski definition) is 0. The van der Waals surface area contributed by atoms with E-state index < -0.39 is 0 Å². The van der Waals surface area contributed by atoms with Gasteiger partial charge in [0, 0.05) is 30.6 Å². The third-order valence-electron chi connectivity index (χ3n) is 4.99. The van der Waals surface area contributed by atoms with Crippen LogP contribution in [0.3, 0.4) is 0 Å². The molecule has 1 aromatic carbocycles. The molecule has 1 fully saturated rings. The summed E-state index contributed by atoms with van der Waals surface area (Å²) in [5.74, 6) is 1.59. The monoisotopic (exact) mass is 374 g/mol. The van der Waals surface area contributed by atoms with Crippen LogP contribution < -0.4 is 4.74 Å². The van der Waals surface area contributed by atoms with E-state index in [1.165, 1.54) is 49.0 Å². The van der Waals surface area contributed by atoms with Gasteiger partial charge in [0.05, 0.1) is 12.0 Å². The molecule has 26 heavy (non-hydrogen) atoms. The van der Waals surface area contributed by atoms with Crippen molar-refractivity contribution >= 4 is 16.3 Å². The second kappa shape index (κ2) is 9.14. The Hall–Kier alpha value is -1.92. The van der Waals surface area contributed by atoms with Gasteiger partial charge in [-0.2, -0.15) is 0 Å². The molecule has 140 valence electrons. The molecular formula is C20H26N2O3S. The van der Waals surface area contributed by atoms with E-state index in [0.29, 0.717) is 0 Å². The quantitative estimate of drug-likeness (QED) is 0.468. The molecule has 1 aromatic heterocycles. The molecule has 1 saturated carbocycles. The summed E-state index contributed by atoms with van der Waals surface area (Å²) in [6.07, 6.45) is 6.58. The molecule has 5 nitrogen and oxygen atoms in total. The zero-order chi connectivity index (χ0) is 18.4. The highest BCUT2D eigenvalue weighted by Gasteiger charge is 2.19. The Morgan fingerprint density at radius 2 is 2.00 bits per heavy atom. The third-order valence-corrected chi connectivity index (χ3v) is 6.01. The van der Waals surface area contributed by atoms with Crippen molar-refractivity contribution in [2.45, 2.75) is 45.2 Å². The van der Waals surface area contributed by atoms with Crippen LogP contribution in [0.25, 0.3) is 0 Å². The molecule has 1 aliphatic carbocycles. The maximum atomic E-state index is 11.0. The van der Waals surface area contributed by atoms with Crippen molar-refractivity contribution in [3.05, 3.63) is 57.0 Å². The molecule has 6 heteroatoms. The minimum atomic E-state index is -0.304. The van der Waals surface area contributed by atoms with E-state index in [4.69, 9.17) is 4.74 Å². The zero-order valence-corrected chi connectivity index (χ0v) is 16.0. The Balaban J connectivity index is 1.72. The second-order valence-electron chi connectivity index (χ2n) is 7.02. The summed E-state index contributed by atoms with van der Waals surface area (Å²) in [4.78, 5) is 14.1. The number of rotatable bonds is 8. The molecule has 0 spiro atoms. The van der Waals surface area contributed by atoms with E-state index in [9.17, 15) is 10.1 Å². The van der Waals surface area contributed by atoms with Crippen molar-refractivity contribution in [3.63, 3.8) is 0 Å². The fourth-order valence-corrected chi connectivity index (χ4v) is 4.58. The predicted octanol–water partition coefficient (Wildman–Crippen LogP) is 5.25. The van der Waals surface area contributed by atoms with Crippen molar-refractivity contribution in [1.29, 1.82) is 0 Å². The average molecular weight is 375 g/mol. The van der Waals surface area contributed by atoms with E-state index in [2.05, 4.69) is 17.0 Å². The fraction of sp³-hybridized carbons (Fsp3) is 0.500. The van der Waals surface area contributed by atoms with E-state index >= 15 is 0 Å². The standard InChI is InChI=1S/C20H26N2O3S/c1-25-18-9-5-8-17(12-18)14-21(13-16-6-3-2-4-7-16)15-19-10-11-20(26-19)22(23)24/h5,8-12,16H,2-4,6-7,13-15H2,1H3. The number of thiophene rings is 1. The largest absolute Gasteiger partial charge is 0.497 e. The molecule has 0 N–H and O–H groups in total. The highest BCUT2D eigenvalue weighted by molar-refractivity contribution is 7.15. The number of hydrogen-bond acceptors (Lipinski definition) is 5. The number of methoxy groups -OCH3 is 1.